The summed E-state index contributed by atoms with van der Waals surface area (Å²) in [6.07, 6.45) is 5.32. The number of aliphatic imine (C=N–C) groups is 1. The number of urea groups is 1. The fourth-order valence-corrected chi connectivity index (χ4v) is 1.98. The molecule has 1 unspecified atom stereocenters. The Morgan fingerprint density at radius 1 is 1.24 bits per heavy atom. The summed E-state index contributed by atoms with van der Waals surface area (Å²) in [7, 11) is 0. The van der Waals surface area contributed by atoms with E-state index < -0.39 is 0 Å². The number of hydrogen-bond donors (Lipinski definition) is 1. The van der Waals surface area contributed by atoms with Crippen molar-refractivity contribution in [1.29, 1.82) is 0 Å². The SMILES string of the molecule is O=C1N=C2C=CC(c3ccccc3F)=CC2N1. The lowest BCUT2D eigenvalue weighted by Crippen LogP contribution is -2.30. The third kappa shape index (κ3) is 1.67. The van der Waals surface area contributed by atoms with Crippen LogP contribution in [0.4, 0.5) is 9.18 Å². The highest BCUT2D eigenvalue weighted by molar-refractivity contribution is 6.14. The van der Waals surface area contributed by atoms with Crippen LogP contribution in [0.15, 0.2) is 47.5 Å². The number of carbonyl (C=O) groups is 1. The molecule has 4 heteroatoms. The first-order chi connectivity index (χ1) is 8.24. The lowest BCUT2D eigenvalue weighted by atomic mass is 9.96. The van der Waals surface area contributed by atoms with Crippen LogP contribution >= 0.6 is 0 Å². The van der Waals surface area contributed by atoms with Crippen LogP contribution in [0.1, 0.15) is 5.56 Å². The van der Waals surface area contributed by atoms with Gasteiger partial charge in [0.2, 0.25) is 0 Å². The molecule has 0 radical (unpaired) electrons. The van der Waals surface area contributed by atoms with Gasteiger partial charge in [0.1, 0.15) is 5.82 Å². The number of rotatable bonds is 1. The maximum Gasteiger partial charge on any atom is 0.342 e. The highest BCUT2D eigenvalue weighted by Gasteiger charge is 2.25. The Hall–Kier alpha value is -2.23. The number of nitrogens with zero attached hydrogens (tertiary/aromatic N) is 1. The van der Waals surface area contributed by atoms with Crippen molar-refractivity contribution in [3.05, 3.63) is 53.9 Å². The minimum Gasteiger partial charge on any atom is -0.324 e. The zero-order valence-electron chi connectivity index (χ0n) is 8.85. The van der Waals surface area contributed by atoms with Gasteiger partial charge in [0, 0.05) is 5.56 Å². The van der Waals surface area contributed by atoms with E-state index in [-0.39, 0.29) is 17.9 Å². The molecule has 0 spiro atoms. The summed E-state index contributed by atoms with van der Waals surface area (Å²) in [6.45, 7) is 0. The molecule has 1 N–H and O–H groups in total. The van der Waals surface area contributed by atoms with Crippen LogP contribution in [0.25, 0.3) is 5.57 Å². The summed E-state index contributed by atoms with van der Waals surface area (Å²) < 4.78 is 13.6. The molecule has 0 bridgehead atoms. The van der Waals surface area contributed by atoms with Crippen molar-refractivity contribution in [2.75, 3.05) is 0 Å². The number of allylic oxidation sites excluding steroid dienone is 2. The molecule has 1 aromatic carbocycles. The predicted octanol–water partition coefficient (Wildman–Crippen LogP) is 2.31. The summed E-state index contributed by atoms with van der Waals surface area (Å²) >= 11 is 0. The lowest BCUT2D eigenvalue weighted by Gasteiger charge is -2.14. The molecule has 1 aromatic rings. The number of fused-ring (bicyclic) bond motifs is 1. The Morgan fingerprint density at radius 2 is 2.06 bits per heavy atom. The van der Waals surface area contributed by atoms with E-state index in [1.807, 2.05) is 6.08 Å². The van der Waals surface area contributed by atoms with Crippen molar-refractivity contribution < 1.29 is 9.18 Å². The second-order valence-electron chi connectivity index (χ2n) is 3.90. The first kappa shape index (κ1) is 9.96. The van der Waals surface area contributed by atoms with Crippen molar-refractivity contribution in [2.24, 2.45) is 4.99 Å². The molecule has 17 heavy (non-hydrogen) atoms. The van der Waals surface area contributed by atoms with Gasteiger partial charge < -0.3 is 5.32 Å². The normalized spacial score (nSPS) is 21.7. The van der Waals surface area contributed by atoms with Crippen LogP contribution in [0.2, 0.25) is 0 Å². The second-order valence-corrected chi connectivity index (χ2v) is 3.90. The quantitative estimate of drug-likeness (QED) is 0.787. The van der Waals surface area contributed by atoms with Gasteiger partial charge in [-0.3, -0.25) is 0 Å². The van der Waals surface area contributed by atoms with Crippen LogP contribution in [0.3, 0.4) is 0 Å². The van der Waals surface area contributed by atoms with E-state index in [4.69, 9.17) is 0 Å². The smallest absolute Gasteiger partial charge is 0.324 e. The highest BCUT2D eigenvalue weighted by atomic mass is 19.1. The molecule has 0 saturated carbocycles. The van der Waals surface area contributed by atoms with Crippen LogP contribution in [0.5, 0.6) is 0 Å². The molecule has 1 heterocycles. The monoisotopic (exact) mass is 228 g/mol. The van der Waals surface area contributed by atoms with Gasteiger partial charge in [-0.25, -0.2) is 9.18 Å². The third-order valence-corrected chi connectivity index (χ3v) is 2.79. The molecule has 2 aliphatic rings. The highest BCUT2D eigenvalue weighted by Crippen LogP contribution is 2.24. The minimum atomic E-state index is -0.347. The van der Waals surface area contributed by atoms with E-state index in [1.54, 1.807) is 30.4 Å². The van der Waals surface area contributed by atoms with Crippen LogP contribution < -0.4 is 5.32 Å². The fraction of sp³-hybridized carbons (Fsp3) is 0.0769. The number of hydrogen-bond acceptors (Lipinski definition) is 1. The number of carbonyl (C=O) groups excluding carboxylic acids is 1. The molecule has 3 nitrogen and oxygen atoms in total. The van der Waals surface area contributed by atoms with E-state index in [0.717, 1.165) is 5.57 Å². The first-order valence-corrected chi connectivity index (χ1v) is 5.28. The maximum atomic E-state index is 13.6. The Labute approximate surface area is 97.4 Å². The predicted molar refractivity (Wildman–Crippen MR) is 63.3 cm³/mol. The van der Waals surface area contributed by atoms with Crippen LogP contribution in [0, 0.1) is 5.82 Å². The summed E-state index contributed by atoms with van der Waals surface area (Å²) in [4.78, 5) is 14.9. The molecule has 0 saturated heterocycles. The summed E-state index contributed by atoms with van der Waals surface area (Å²) in [5, 5.41) is 2.68. The van der Waals surface area contributed by atoms with E-state index in [0.29, 0.717) is 11.3 Å². The largest absolute Gasteiger partial charge is 0.342 e. The van der Waals surface area contributed by atoms with E-state index >= 15 is 0 Å². The minimum absolute atomic E-state index is 0.234. The van der Waals surface area contributed by atoms with Crippen molar-refractivity contribution in [3.63, 3.8) is 0 Å². The molecule has 84 valence electrons. The Morgan fingerprint density at radius 3 is 2.88 bits per heavy atom. The molecule has 1 aliphatic carbocycles. The molecule has 0 fully saturated rings. The Balaban J connectivity index is 2.00. The molecule has 1 atom stereocenters. The average molecular weight is 228 g/mol. The van der Waals surface area contributed by atoms with Gasteiger partial charge in [-0.1, -0.05) is 24.3 Å². The molecule has 2 amide bonds. The van der Waals surface area contributed by atoms with Gasteiger partial charge >= 0.3 is 6.03 Å². The van der Waals surface area contributed by atoms with Crippen molar-refractivity contribution in [2.45, 2.75) is 6.04 Å². The standard InChI is InChI=1S/C13H9FN2O/c14-10-4-2-1-3-9(10)8-5-6-11-12(7-8)16-13(17)15-11/h1-7,12H,(H,16,17). The van der Waals surface area contributed by atoms with Crippen LogP contribution in [-0.4, -0.2) is 17.8 Å². The van der Waals surface area contributed by atoms with E-state index in [2.05, 4.69) is 10.3 Å². The molecular formula is C13H9FN2O. The molecular weight excluding hydrogens is 219 g/mol. The fourth-order valence-electron chi connectivity index (χ4n) is 1.98. The third-order valence-electron chi connectivity index (χ3n) is 2.79. The summed E-state index contributed by atoms with van der Waals surface area (Å²) in [6, 6.07) is 5.98. The van der Waals surface area contributed by atoms with Gasteiger partial charge in [-0.2, -0.15) is 4.99 Å². The maximum absolute atomic E-state index is 13.6. The van der Waals surface area contributed by atoms with Crippen LogP contribution in [-0.2, 0) is 0 Å². The summed E-state index contributed by atoms with van der Waals surface area (Å²) in [5.41, 5.74) is 1.97. The van der Waals surface area contributed by atoms with Gasteiger partial charge in [0.25, 0.3) is 0 Å². The topological polar surface area (TPSA) is 41.5 Å². The van der Waals surface area contributed by atoms with Gasteiger partial charge in [0.05, 0.1) is 11.8 Å². The van der Waals surface area contributed by atoms with E-state index in [1.165, 1.54) is 6.07 Å². The summed E-state index contributed by atoms with van der Waals surface area (Å²) in [5.74, 6) is -0.270. The van der Waals surface area contributed by atoms with Gasteiger partial charge in [-0.15, -0.1) is 0 Å². The zero-order chi connectivity index (χ0) is 11.8. The van der Waals surface area contributed by atoms with Crippen molar-refractivity contribution in [1.82, 2.24) is 5.32 Å². The Kier molecular flexibility index (Phi) is 2.14. The number of halogens is 1. The lowest BCUT2D eigenvalue weighted by molar-refractivity contribution is 0.251. The van der Waals surface area contributed by atoms with Crippen molar-refractivity contribution >= 4 is 17.3 Å². The van der Waals surface area contributed by atoms with E-state index in [9.17, 15) is 9.18 Å². The average Bonchev–Trinajstić information content (AvgIpc) is 2.68. The zero-order valence-corrected chi connectivity index (χ0v) is 8.85. The van der Waals surface area contributed by atoms with Gasteiger partial charge in [-0.05, 0) is 23.8 Å². The second kappa shape index (κ2) is 3.66. The molecule has 1 aliphatic heterocycles. The number of amides is 2. The van der Waals surface area contributed by atoms with Gasteiger partial charge in [0.15, 0.2) is 0 Å². The molecule has 3 rings (SSSR count). The van der Waals surface area contributed by atoms with Crippen molar-refractivity contribution in [3.8, 4) is 0 Å². The first-order valence-electron chi connectivity index (χ1n) is 5.28. The Bertz CT molecular complexity index is 587. The molecule has 0 aromatic heterocycles. The number of nitrogens with one attached hydrogen (secondary N) is 1. The number of benzene rings is 1.